The van der Waals surface area contributed by atoms with Crippen LogP contribution in [0.5, 0.6) is 0 Å². The zero-order valence-corrected chi connectivity index (χ0v) is 11.1. The van der Waals surface area contributed by atoms with Gasteiger partial charge in [0, 0.05) is 17.6 Å². The first-order valence-corrected chi connectivity index (χ1v) is 6.45. The van der Waals surface area contributed by atoms with Crippen molar-refractivity contribution in [3.8, 4) is 0 Å². The number of nitrogens with one attached hydrogen (secondary N) is 1. The Labute approximate surface area is 116 Å². The first-order chi connectivity index (χ1) is 9.06. The molecule has 0 unspecified atom stereocenters. The number of halogens is 1. The molecule has 1 aliphatic carbocycles. The van der Waals surface area contributed by atoms with Crippen LogP contribution >= 0.6 is 11.6 Å². The van der Waals surface area contributed by atoms with Crippen LogP contribution in [0.15, 0.2) is 24.3 Å². The van der Waals surface area contributed by atoms with E-state index in [2.05, 4.69) is 5.32 Å². The van der Waals surface area contributed by atoms with E-state index in [0.717, 1.165) is 18.4 Å². The summed E-state index contributed by atoms with van der Waals surface area (Å²) in [6.45, 7) is 0.107. The molecule has 2 amide bonds. The maximum atomic E-state index is 11.9. The minimum atomic E-state index is -0.992. The van der Waals surface area contributed by atoms with Crippen LogP contribution in [0.25, 0.3) is 0 Å². The molecule has 1 aromatic carbocycles. The highest BCUT2D eigenvalue weighted by molar-refractivity contribution is 6.30. The highest BCUT2D eigenvalue weighted by Gasteiger charge is 2.33. The molecule has 0 spiro atoms. The molecule has 102 valence electrons. The molecule has 2 N–H and O–H groups in total. The Kier molecular flexibility index (Phi) is 4.27. The number of carbonyl (C=O) groups excluding carboxylic acids is 1. The number of aliphatic carboxylic acids is 1. The van der Waals surface area contributed by atoms with Crippen LogP contribution in [-0.2, 0) is 11.3 Å². The fraction of sp³-hybridized carbons (Fsp3) is 0.385. The molecule has 0 radical (unpaired) electrons. The third-order valence-corrected chi connectivity index (χ3v) is 3.16. The number of amides is 2. The van der Waals surface area contributed by atoms with Crippen molar-refractivity contribution in [2.45, 2.75) is 25.4 Å². The number of hydrogen-bond acceptors (Lipinski definition) is 2. The van der Waals surface area contributed by atoms with E-state index >= 15 is 0 Å². The summed E-state index contributed by atoms with van der Waals surface area (Å²) in [7, 11) is 0. The molecule has 5 nitrogen and oxygen atoms in total. The van der Waals surface area contributed by atoms with Crippen molar-refractivity contribution in [2.75, 3.05) is 6.54 Å². The Morgan fingerprint density at radius 1 is 1.32 bits per heavy atom. The average molecular weight is 283 g/mol. The van der Waals surface area contributed by atoms with Crippen molar-refractivity contribution < 1.29 is 14.7 Å². The van der Waals surface area contributed by atoms with E-state index in [1.54, 1.807) is 12.1 Å². The SMILES string of the molecule is O=C(O)CN(C(=O)NCc1ccc(Cl)cc1)C1CC1. The predicted molar refractivity (Wildman–Crippen MR) is 71.1 cm³/mol. The fourth-order valence-corrected chi connectivity index (χ4v) is 1.91. The topological polar surface area (TPSA) is 69.6 Å². The first-order valence-electron chi connectivity index (χ1n) is 6.07. The normalized spacial score (nSPS) is 13.9. The number of carbonyl (C=O) groups is 2. The lowest BCUT2D eigenvalue weighted by atomic mass is 10.2. The van der Waals surface area contributed by atoms with Gasteiger partial charge in [-0.2, -0.15) is 0 Å². The Hall–Kier alpha value is -1.75. The van der Waals surface area contributed by atoms with Gasteiger partial charge in [0.25, 0.3) is 0 Å². The number of rotatable bonds is 5. The van der Waals surface area contributed by atoms with Gasteiger partial charge in [0.15, 0.2) is 0 Å². The van der Waals surface area contributed by atoms with E-state index in [0.29, 0.717) is 11.6 Å². The molecule has 19 heavy (non-hydrogen) atoms. The molecule has 0 heterocycles. The summed E-state index contributed by atoms with van der Waals surface area (Å²) < 4.78 is 0. The molecule has 0 aliphatic heterocycles. The van der Waals surface area contributed by atoms with E-state index in [4.69, 9.17) is 16.7 Å². The van der Waals surface area contributed by atoms with Crippen LogP contribution < -0.4 is 5.32 Å². The maximum absolute atomic E-state index is 11.9. The maximum Gasteiger partial charge on any atom is 0.323 e. The number of carboxylic acid groups (broad SMARTS) is 1. The van der Waals surface area contributed by atoms with Crippen LogP contribution in [0.1, 0.15) is 18.4 Å². The third-order valence-electron chi connectivity index (χ3n) is 2.91. The molecule has 1 saturated carbocycles. The number of benzene rings is 1. The summed E-state index contributed by atoms with van der Waals surface area (Å²) in [5.74, 6) is -0.992. The van der Waals surface area contributed by atoms with E-state index < -0.39 is 5.97 Å². The smallest absolute Gasteiger partial charge is 0.323 e. The number of nitrogens with zero attached hydrogens (tertiary/aromatic N) is 1. The molecular formula is C13H15ClN2O3. The van der Waals surface area contributed by atoms with Crippen molar-refractivity contribution in [1.82, 2.24) is 10.2 Å². The standard InChI is InChI=1S/C13H15ClN2O3/c14-10-3-1-9(2-4-10)7-15-13(19)16(8-12(17)18)11-5-6-11/h1-4,11H,5-8H2,(H,15,19)(H,17,18). The third kappa shape index (κ3) is 4.13. The molecular weight excluding hydrogens is 268 g/mol. The summed E-state index contributed by atoms with van der Waals surface area (Å²) >= 11 is 5.77. The molecule has 0 saturated heterocycles. The zero-order chi connectivity index (χ0) is 13.8. The second-order valence-corrected chi connectivity index (χ2v) is 4.97. The summed E-state index contributed by atoms with van der Waals surface area (Å²) in [5.41, 5.74) is 0.920. The van der Waals surface area contributed by atoms with E-state index in [-0.39, 0.29) is 18.6 Å². The summed E-state index contributed by atoms with van der Waals surface area (Å²) in [6.07, 6.45) is 1.75. The van der Waals surface area contributed by atoms with Gasteiger partial charge in [0.05, 0.1) is 0 Å². The summed E-state index contributed by atoms with van der Waals surface area (Å²) in [4.78, 5) is 24.0. The highest BCUT2D eigenvalue weighted by Crippen LogP contribution is 2.26. The van der Waals surface area contributed by atoms with Gasteiger partial charge in [-0.05, 0) is 30.5 Å². The highest BCUT2D eigenvalue weighted by atomic mass is 35.5. The minimum absolute atomic E-state index is 0.0707. The molecule has 0 bridgehead atoms. The van der Waals surface area contributed by atoms with Crippen molar-refractivity contribution in [3.05, 3.63) is 34.9 Å². The number of urea groups is 1. The van der Waals surface area contributed by atoms with Gasteiger partial charge in [0.2, 0.25) is 0 Å². The van der Waals surface area contributed by atoms with Crippen LogP contribution in [0, 0.1) is 0 Å². The Bertz CT molecular complexity index is 471. The number of carboxylic acids is 1. The molecule has 1 aromatic rings. The second-order valence-electron chi connectivity index (χ2n) is 4.54. The fourth-order valence-electron chi connectivity index (χ4n) is 1.78. The molecule has 6 heteroatoms. The van der Waals surface area contributed by atoms with Crippen LogP contribution in [-0.4, -0.2) is 34.6 Å². The van der Waals surface area contributed by atoms with Gasteiger partial charge in [-0.25, -0.2) is 4.79 Å². The van der Waals surface area contributed by atoms with Crippen molar-refractivity contribution in [1.29, 1.82) is 0 Å². The van der Waals surface area contributed by atoms with Gasteiger partial charge in [-0.15, -0.1) is 0 Å². The van der Waals surface area contributed by atoms with Crippen molar-refractivity contribution in [3.63, 3.8) is 0 Å². The summed E-state index contributed by atoms with van der Waals surface area (Å²) in [5, 5.41) is 12.2. The van der Waals surface area contributed by atoms with Gasteiger partial charge < -0.3 is 15.3 Å². The van der Waals surface area contributed by atoms with Gasteiger partial charge in [-0.1, -0.05) is 23.7 Å². The second kappa shape index (κ2) is 5.93. The Morgan fingerprint density at radius 3 is 2.47 bits per heavy atom. The summed E-state index contributed by atoms with van der Waals surface area (Å²) in [6, 6.07) is 6.88. The van der Waals surface area contributed by atoms with E-state index in [1.165, 1.54) is 4.90 Å². The average Bonchev–Trinajstić information content (AvgIpc) is 3.19. The van der Waals surface area contributed by atoms with E-state index in [1.807, 2.05) is 12.1 Å². The van der Waals surface area contributed by atoms with Gasteiger partial charge >= 0.3 is 12.0 Å². The van der Waals surface area contributed by atoms with Gasteiger partial charge in [0.1, 0.15) is 6.54 Å². The number of hydrogen-bond donors (Lipinski definition) is 2. The van der Waals surface area contributed by atoms with Crippen molar-refractivity contribution >= 4 is 23.6 Å². The molecule has 2 rings (SSSR count). The largest absolute Gasteiger partial charge is 0.480 e. The van der Waals surface area contributed by atoms with Crippen LogP contribution in [0.2, 0.25) is 5.02 Å². The van der Waals surface area contributed by atoms with E-state index in [9.17, 15) is 9.59 Å². The zero-order valence-electron chi connectivity index (χ0n) is 10.3. The minimum Gasteiger partial charge on any atom is -0.480 e. The van der Waals surface area contributed by atoms with Gasteiger partial charge in [-0.3, -0.25) is 4.79 Å². The molecule has 0 aromatic heterocycles. The molecule has 0 atom stereocenters. The predicted octanol–water partition coefficient (Wildman–Crippen LogP) is 2.10. The monoisotopic (exact) mass is 282 g/mol. The van der Waals surface area contributed by atoms with Crippen LogP contribution in [0.3, 0.4) is 0 Å². The quantitative estimate of drug-likeness (QED) is 0.869. The lowest BCUT2D eigenvalue weighted by Crippen LogP contribution is -2.43. The molecule has 1 fully saturated rings. The Balaban J connectivity index is 1.88. The first kappa shape index (κ1) is 13.7. The van der Waals surface area contributed by atoms with Crippen LogP contribution in [0.4, 0.5) is 4.79 Å². The lowest BCUT2D eigenvalue weighted by molar-refractivity contribution is -0.137. The lowest BCUT2D eigenvalue weighted by Gasteiger charge is -2.20. The molecule has 1 aliphatic rings. The van der Waals surface area contributed by atoms with Crippen molar-refractivity contribution in [2.24, 2.45) is 0 Å². The Morgan fingerprint density at radius 2 is 1.95 bits per heavy atom.